The van der Waals surface area contributed by atoms with Crippen molar-refractivity contribution in [3.05, 3.63) is 27.7 Å². The Hall–Kier alpha value is -1.91. The van der Waals surface area contributed by atoms with Crippen LogP contribution < -0.4 is 11.3 Å². The lowest BCUT2D eigenvalue weighted by molar-refractivity contribution is 1.14. The van der Waals surface area contributed by atoms with Gasteiger partial charge >= 0.3 is 0 Å². The molecule has 14 heavy (non-hydrogen) atoms. The number of pyridine rings is 1. The van der Waals surface area contributed by atoms with Crippen LogP contribution in [0, 0.1) is 13.8 Å². The quantitative estimate of drug-likeness (QED) is 0.634. The molecule has 0 saturated carbocycles. The summed E-state index contributed by atoms with van der Waals surface area (Å²) in [4.78, 5) is 22.0. The van der Waals surface area contributed by atoms with Gasteiger partial charge < -0.3 is 5.73 Å². The first-order chi connectivity index (χ1) is 6.59. The lowest BCUT2D eigenvalue weighted by atomic mass is 10.1. The van der Waals surface area contributed by atoms with E-state index in [-0.39, 0.29) is 11.5 Å². The van der Waals surface area contributed by atoms with Gasteiger partial charge in [0, 0.05) is 6.20 Å². The molecule has 0 aromatic carbocycles. The predicted molar refractivity (Wildman–Crippen MR) is 54.0 cm³/mol. The molecule has 0 bridgehead atoms. The van der Waals surface area contributed by atoms with Crippen molar-refractivity contribution >= 4 is 17.0 Å². The highest BCUT2D eigenvalue weighted by Crippen LogP contribution is 2.13. The first kappa shape index (κ1) is 8.68. The number of H-pyrrole nitrogens is 1. The molecule has 5 heteroatoms. The van der Waals surface area contributed by atoms with Gasteiger partial charge in [0.15, 0.2) is 5.65 Å². The second kappa shape index (κ2) is 2.80. The normalized spacial score (nSPS) is 10.7. The molecule has 0 unspecified atom stereocenters. The number of rotatable bonds is 0. The van der Waals surface area contributed by atoms with E-state index < -0.39 is 0 Å². The average Bonchev–Trinajstić information content (AvgIpc) is 2.10. The number of nitrogens with zero attached hydrogens (tertiary/aromatic N) is 2. The molecule has 0 aliphatic rings. The number of aromatic nitrogens is 3. The third kappa shape index (κ3) is 1.14. The zero-order chi connectivity index (χ0) is 10.3. The van der Waals surface area contributed by atoms with E-state index in [0.717, 1.165) is 11.1 Å². The summed E-state index contributed by atoms with van der Waals surface area (Å²) in [6.45, 7) is 3.77. The smallest absolute Gasteiger partial charge is 0.262 e. The van der Waals surface area contributed by atoms with Crippen LogP contribution in [0.15, 0.2) is 11.0 Å². The molecule has 2 heterocycles. The summed E-state index contributed by atoms with van der Waals surface area (Å²) in [7, 11) is 0. The van der Waals surface area contributed by atoms with Gasteiger partial charge in [0.05, 0.1) is 5.39 Å². The van der Waals surface area contributed by atoms with Crippen LogP contribution in [0.5, 0.6) is 0 Å². The second-order valence-corrected chi connectivity index (χ2v) is 3.22. The van der Waals surface area contributed by atoms with Gasteiger partial charge in [0.1, 0.15) is 0 Å². The van der Waals surface area contributed by atoms with E-state index in [1.165, 1.54) is 0 Å². The minimum atomic E-state index is -0.235. The molecule has 2 aromatic rings. The number of nitrogens with one attached hydrogen (secondary N) is 1. The van der Waals surface area contributed by atoms with Gasteiger partial charge in [0.25, 0.3) is 5.56 Å². The van der Waals surface area contributed by atoms with Crippen LogP contribution in [0.1, 0.15) is 11.1 Å². The maximum Gasteiger partial charge on any atom is 0.262 e. The molecular formula is C9H10N4O. The third-order valence-electron chi connectivity index (χ3n) is 2.27. The Morgan fingerprint density at radius 3 is 2.86 bits per heavy atom. The van der Waals surface area contributed by atoms with Crippen molar-refractivity contribution in [2.24, 2.45) is 0 Å². The number of anilines is 1. The van der Waals surface area contributed by atoms with Crippen molar-refractivity contribution in [2.75, 3.05) is 5.73 Å². The van der Waals surface area contributed by atoms with E-state index in [4.69, 9.17) is 5.73 Å². The van der Waals surface area contributed by atoms with E-state index in [2.05, 4.69) is 15.0 Å². The molecule has 2 rings (SSSR count). The molecular weight excluding hydrogens is 180 g/mol. The highest BCUT2D eigenvalue weighted by atomic mass is 16.1. The van der Waals surface area contributed by atoms with E-state index in [1.54, 1.807) is 6.20 Å². The maximum absolute atomic E-state index is 11.6. The monoisotopic (exact) mass is 190 g/mol. The second-order valence-electron chi connectivity index (χ2n) is 3.22. The van der Waals surface area contributed by atoms with E-state index in [9.17, 15) is 4.79 Å². The Morgan fingerprint density at radius 1 is 1.43 bits per heavy atom. The maximum atomic E-state index is 11.6. The minimum absolute atomic E-state index is 0.0956. The molecule has 2 aromatic heterocycles. The standard InChI is InChI=1S/C9H10N4O/c1-4-3-11-7-6(5(4)2)8(14)13-9(10)12-7/h3H,1-2H3,(H3,10,11,12,13,14). The molecule has 0 fully saturated rings. The molecule has 0 aliphatic carbocycles. The molecule has 0 atom stereocenters. The molecule has 0 amide bonds. The zero-order valence-electron chi connectivity index (χ0n) is 7.96. The zero-order valence-corrected chi connectivity index (χ0v) is 7.96. The summed E-state index contributed by atoms with van der Waals surface area (Å²) in [5.41, 5.74) is 7.43. The van der Waals surface area contributed by atoms with Crippen LogP contribution >= 0.6 is 0 Å². The van der Waals surface area contributed by atoms with Crippen LogP contribution in [-0.2, 0) is 0 Å². The fourth-order valence-corrected chi connectivity index (χ4v) is 1.36. The number of nitrogens with two attached hydrogens (primary N) is 1. The van der Waals surface area contributed by atoms with Crippen molar-refractivity contribution in [3.8, 4) is 0 Å². The van der Waals surface area contributed by atoms with E-state index in [1.807, 2.05) is 13.8 Å². The van der Waals surface area contributed by atoms with Crippen LogP contribution in [0.3, 0.4) is 0 Å². The van der Waals surface area contributed by atoms with Gasteiger partial charge in [-0.2, -0.15) is 4.98 Å². The van der Waals surface area contributed by atoms with Crippen molar-refractivity contribution in [1.82, 2.24) is 15.0 Å². The van der Waals surface area contributed by atoms with Crippen LogP contribution in [0.4, 0.5) is 5.95 Å². The number of aromatic amines is 1. The number of aryl methyl sites for hydroxylation is 2. The summed E-state index contributed by atoms with van der Waals surface area (Å²) in [5.74, 6) is 0.0956. The van der Waals surface area contributed by atoms with Crippen molar-refractivity contribution in [2.45, 2.75) is 13.8 Å². The fraction of sp³-hybridized carbons (Fsp3) is 0.222. The summed E-state index contributed by atoms with van der Waals surface area (Å²) in [6, 6.07) is 0. The minimum Gasteiger partial charge on any atom is -0.369 e. The van der Waals surface area contributed by atoms with Crippen LogP contribution in [-0.4, -0.2) is 15.0 Å². The van der Waals surface area contributed by atoms with Crippen molar-refractivity contribution < 1.29 is 0 Å². The molecule has 0 saturated heterocycles. The van der Waals surface area contributed by atoms with E-state index in [0.29, 0.717) is 11.0 Å². The Bertz CT molecular complexity index is 558. The van der Waals surface area contributed by atoms with Gasteiger partial charge in [0.2, 0.25) is 5.95 Å². The molecule has 72 valence electrons. The Balaban J connectivity index is 3.03. The Labute approximate surface area is 80.0 Å². The molecule has 0 spiro atoms. The largest absolute Gasteiger partial charge is 0.369 e. The summed E-state index contributed by atoms with van der Waals surface area (Å²) >= 11 is 0. The first-order valence-corrected chi connectivity index (χ1v) is 4.21. The topological polar surface area (TPSA) is 84.7 Å². The van der Waals surface area contributed by atoms with Gasteiger partial charge in [-0.1, -0.05) is 0 Å². The van der Waals surface area contributed by atoms with Crippen molar-refractivity contribution in [1.29, 1.82) is 0 Å². The highest BCUT2D eigenvalue weighted by Gasteiger charge is 2.07. The average molecular weight is 190 g/mol. The van der Waals surface area contributed by atoms with Crippen LogP contribution in [0.2, 0.25) is 0 Å². The van der Waals surface area contributed by atoms with Crippen molar-refractivity contribution in [3.63, 3.8) is 0 Å². The number of nitrogen functional groups attached to an aromatic ring is 1. The SMILES string of the molecule is Cc1cnc2nc(N)[nH]c(=O)c2c1C. The van der Waals surface area contributed by atoms with Gasteiger partial charge in [-0.3, -0.25) is 9.78 Å². The number of hydrogen-bond donors (Lipinski definition) is 2. The first-order valence-electron chi connectivity index (χ1n) is 4.21. The van der Waals surface area contributed by atoms with Gasteiger partial charge in [-0.15, -0.1) is 0 Å². The molecule has 0 aliphatic heterocycles. The summed E-state index contributed by atoms with van der Waals surface area (Å²) < 4.78 is 0. The predicted octanol–water partition coefficient (Wildman–Crippen LogP) is 0.517. The fourth-order valence-electron chi connectivity index (χ4n) is 1.36. The third-order valence-corrected chi connectivity index (χ3v) is 2.27. The molecule has 3 N–H and O–H groups in total. The number of hydrogen-bond acceptors (Lipinski definition) is 4. The summed E-state index contributed by atoms with van der Waals surface area (Å²) in [5, 5.41) is 0.513. The molecule has 0 radical (unpaired) electrons. The Kier molecular flexibility index (Phi) is 1.73. The number of fused-ring (bicyclic) bond motifs is 1. The molecule has 5 nitrogen and oxygen atoms in total. The lowest BCUT2D eigenvalue weighted by Gasteiger charge is -2.03. The lowest BCUT2D eigenvalue weighted by Crippen LogP contribution is -2.13. The van der Waals surface area contributed by atoms with Crippen LogP contribution in [0.25, 0.3) is 11.0 Å². The Morgan fingerprint density at radius 2 is 2.14 bits per heavy atom. The van der Waals surface area contributed by atoms with Gasteiger partial charge in [-0.05, 0) is 25.0 Å². The van der Waals surface area contributed by atoms with E-state index >= 15 is 0 Å². The summed E-state index contributed by atoms with van der Waals surface area (Å²) in [6.07, 6.45) is 1.68. The van der Waals surface area contributed by atoms with Gasteiger partial charge in [-0.25, -0.2) is 4.98 Å². The highest BCUT2D eigenvalue weighted by molar-refractivity contribution is 5.78.